The lowest BCUT2D eigenvalue weighted by Gasteiger charge is -2.45. The molecule has 4 nitrogen and oxygen atoms in total. The molecule has 1 aliphatic heterocycles. The first-order valence-corrected chi connectivity index (χ1v) is 7.04. The molecular weight excluding hydrogens is 228 g/mol. The van der Waals surface area contributed by atoms with Gasteiger partial charge in [-0.1, -0.05) is 27.7 Å². The second-order valence-electron chi connectivity index (χ2n) is 5.51. The van der Waals surface area contributed by atoms with Gasteiger partial charge in [0.1, 0.15) is 11.6 Å². The maximum Gasteiger partial charge on any atom is 0.248 e. The number of amides is 2. The number of carbonyl (C=O) groups excluding carboxylic acids is 2. The summed E-state index contributed by atoms with van der Waals surface area (Å²) in [6.45, 7) is 10.6. The van der Waals surface area contributed by atoms with Gasteiger partial charge in [0.15, 0.2) is 0 Å². The van der Waals surface area contributed by atoms with Crippen LogP contribution in [-0.4, -0.2) is 34.8 Å². The van der Waals surface area contributed by atoms with E-state index in [0.29, 0.717) is 25.3 Å². The minimum absolute atomic E-state index is 0.00819. The van der Waals surface area contributed by atoms with Gasteiger partial charge < -0.3 is 10.2 Å². The normalized spacial score (nSPS) is 23.4. The van der Waals surface area contributed by atoms with Crippen LogP contribution in [0.4, 0.5) is 0 Å². The molecule has 0 aromatic heterocycles. The van der Waals surface area contributed by atoms with Crippen molar-refractivity contribution in [2.24, 2.45) is 5.92 Å². The molecule has 1 aliphatic rings. The number of rotatable bonds is 5. The number of hydrogen-bond acceptors (Lipinski definition) is 2. The molecule has 1 fully saturated rings. The van der Waals surface area contributed by atoms with E-state index in [-0.39, 0.29) is 17.9 Å². The smallest absolute Gasteiger partial charge is 0.248 e. The minimum atomic E-state index is -0.680. The van der Waals surface area contributed by atoms with Crippen LogP contribution < -0.4 is 5.32 Å². The Hall–Kier alpha value is -1.06. The third-order valence-corrected chi connectivity index (χ3v) is 3.95. The second-order valence-corrected chi connectivity index (χ2v) is 5.51. The third kappa shape index (κ3) is 2.52. The Kier molecular flexibility index (Phi) is 4.77. The summed E-state index contributed by atoms with van der Waals surface area (Å²) in [4.78, 5) is 26.6. The van der Waals surface area contributed by atoms with Crippen molar-refractivity contribution in [2.75, 3.05) is 6.54 Å². The van der Waals surface area contributed by atoms with Gasteiger partial charge in [0.05, 0.1) is 0 Å². The van der Waals surface area contributed by atoms with Gasteiger partial charge in [-0.15, -0.1) is 0 Å². The topological polar surface area (TPSA) is 49.4 Å². The van der Waals surface area contributed by atoms with Crippen LogP contribution in [0.1, 0.15) is 53.9 Å². The monoisotopic (exact) mass is 254 g/mol. The number of likely N-dealkylation sites (N-methyl/N-ethyl adjacent to an activating group) is 1. The number of piperazine rings is 1. The molecule has 0 spiro atoms. The molecule has 2 amide bonds. The minimum Gasteiger partial charge on any atom is -0.340 e. The average Bonchev–Trinajstić information content (AvgIpc) is 2.33. The molecule has 1 saturated heterocycles. The van der Waals surface area contributed by atoms with Gasteiger partial charge in [-0.3, -0.25) is 9.59 Å². The summed E-state index contributed by atoms with van der Waals surface area (Å²) in [6, 6.07) is -0.297. The zero-order valence-corrected chi connectivity index (χ0v) is 12.2. The Labute approximate surface area is 110 Å². The van der Waals surface area contributed by atoms with Gasteiger partial charge in [0.2, 0.25) is 11.8 Å². The highest BCUT2D eigenvalue weighted by Crippen LogP contribution is 2.27. The van der Waals surface area contributed by atoms with Crippen molar-refractivity contribution in [2.45, 2.75) is 65.5 Å². The summed E-state index contributed by atoms with van der Waals surface area (Å²) in [5.74, 6) is 0.493. The van der Waals surface area contributed by atoms with Gasteiger partial charge in [0.25, 0.3) is 0 Å². The van der Waals surface area contributed by atoms with E-state index in [1.807, 2.05) is 20.8 Å². The second kappa shape index (κ2) is 5.72. The standard InChI is InChI=1S/C14H26N2O2/c1-6-14(7-2)13(18)16(8-3)11(9-10(4)5)12(17)15-14/h10-11H,6-9H2,1-5H3,(H,15,17). The largest absolute Gasteiger partial charge is 0.340 e. The number of nitrogens with zero attached hydrogens (tertiary/aromatic N) is 1. The molecule has 1 N–H and O–H groups in total. The number of hydrogen-bond donors (Lipinski definition) is 1. The van der Waals surface area contributed by atoms with E-state index in [0.717, 1.165) is 6.42 Å². The van der Waals surface area contributed by atoms with Gasteiger partial charge in [-0.25, -0.2) is 0 Å². The van der Waals surface area contributed by atoms with E-state index in [4.69, 9.17) is 0 Å². The lowest BCUT2D eigenvalue weighted by Crippen LogP contribution is -2.70. The molecule has 1 atom stereocenters. The van der Waals surface area contributed by atoms with E-state index in [9.17, 15) is 9.59 Å². The van der Waals surface area contributed by atoms with Crippen molar-refractivity contribution in [3.63, 3.8) is 0 Å². The molecule has 0 aliphatic carbocycles. The van der Waals surface area contributed by atoms with Crippen molar-refractivity contribution < 1.29 is 9.59 Å². The highest BCUT2D eigenvalue weighted by Gasteiger charge is 2.48. The van der Waals surface area contributed by atoms with Crippen molar-refractivity contribution >= 4 is 11.8 Å². The van der Waals surface area contributed by atoms with Gasteiger partial charge in [-0.05, 0) is 32.1 Å². The molecule has 0 radical (unpaired) electrons. The van der Waals surface area contributed by atoms with Crippen LogP contribution in [0.3, 0.4) is 0 Å². The molecule has 4 heteroatoms. The summed E-state index contributed by atoms with van der Waals surface area (Å²) in [7, 11) is 0. The summed E-state index contributed by atoms with van der Waals surface area (Å²) < 4.78 is 0. The fourth-order valence-corrected chi connectivity index (χ4v) is 2.70. The molecule has 0 aromatic rings. The Balaban J connectivity index is 3.03. The zero-order valence-electron chi connectivity index (χ0n) is 12.2. The Morgan fingerprint density at radius 2 is 1.78 bits per heavy atom. The van der Waals surface area contributed by atoms with Gasteiger partial charge in [-0.2, -0.15) is 0 Å². The first-order chi connectivity index (χ1) is 8.41. The maximum atomic E-state index is 12.6. The highest BCUT2D eigenvalue weighted by molar-refractivity contribution is 5.99. The molecule has 0 aromatic carbocycles. The van der Waals surface area contributed by atoms with Crippen LogP contribution in [0.25, 0.3) is 0 Å². The Bertz CT molecular complexity index is 322. The predicted octanol–water partition coefficient (Wildman–Crippen LogP) is 1.94. The zero-order chi connectivity index (χ0) is 13.9. The summed E-state index contributed by atoms with van der Waals surface area (Å²) >= 11 is 0. The highest BCUT2D eigenvalue weighted by atomic mass is 16.2. The molecular formula is C14H26N2O2. The van der Waals surface area contributed by atoms with Crippen molar-refractivity contribution in [1.82, 2.24) is 10.2 Å². The molecule has 0 bridgehead atoms. The SMILES string of the molecule is CCN1C(=O)C(CC)(CC)NC(=O)C1CC(C)C. The summed E-state index contributed by atoms with van der Waals surface area (Å²) in [5, 5.41) is 2.97. The fraction of sp³-hybridized carbons (Fsp3) is 0.857. The maximum absolute atomic E-state index is 12.6. The van der Waals surface area contributed by atoms with E-state index in [2.05, 4.69) is 19.2 Å². The van der Waals surface area contributed by atoms with Crippen LogP contribution in [0.15, 0.2) is 0 Å². The number of carbonyl (C=O) groups is 2. The molecule has 1 heterocycles. The van der Waals surface area contributed by atoms with E-state index >= 15 is 0 Å². The van der Waals surface area contributed by atoms with Crippen molar-refractivity contribution in [3.05, 3.63) is 0 Å². The van der Waals surface area contributed by atoms with Gasteiger partial charge in [0, 0.05) is 6.54 Å². The predicted molar refractivity (Wildman–Crippen MR) is 72.1 cm³/mol. The van der Waals surface area contributed by atoms with Gasteiger partial charge >= 0.3 is 0 Å². The van der Waals surface area contributed by atoms with Crippen LogP contribution in [0.2, 0.25) is 0 Å². The van der Waals surface area contributed by atoms with E-state index < -0.39 is 5.54 Å². The Morgan fingerprint density at radius 3 is 2.17 bits per heavy atom. The Morgan fingerprint density at radius 1 is 1.22 bits per heavy atom. The summed E-state index contributed by atoms with van der Waals surface area (Å²) in [5.41, 5.74) is -0.680. The molecule has 0 saturated carbocycles. The molecule has 1 unspecified atom stereocenters. The third-order valence-electron chi connectivity index (χ3n) is 3.95. The van der Waals surface area contributed by atoms with Crippen LogP contribution >= 0.6 is 0 Å². The van der Waals surface area contributed by atoms with Crippen molar-refractivity contribution in [3.8, 4) is 0 Å². The molecule has 18 heavy (non-hydrogen) atoms. The van der Waals surface area contributed by atoms with E-state index in [1.165, 1.54) is 0 Å². The van der Waals surface area contributed by atoms with Crippen LogP contribution in [0.5, 0.6) is 0 Å². The lowest BCUT2D eigenvalue weighted by molar-refractivity contribution is -0.155. The molecule has 104 valence electrons. The van der Waals surface area contributed by atoms with Crippen molar-refractivity contribution in [1.29, 1.82) is 0 Å². The quantitative estimate of drug-likeness (QED) is 0.815. The fourth-order valence-electron chi connectivity index (χ4n) is 2.70. The summed E-state index contributed by atoms with van der Waals surface area (Å²) in [6.07, 6.45) is 2.03. The van der Waals surface area contributed by atoms with Crippen LogP contribution in [-0.2, 0) is 9.59 Å². The average molecular weight is 254 g/mol. The first kappa shape index (κ1) is 15.0. The lowest BCUT2D eigenvalue weighted by atomic mass is 9.85. The molecule has 1 rings (SSSR count). The van der Waals surface area contributed by atoms with E-state index in [1.54, 1.807) is 4.90 Å². The number of nitrogens with one attached hydrogen (secondary N) is 1. The van der Waals surface area contributed by atoms with Crippen LogP contribution in [0, 0.1) is 5.92 Å². The first-order valence-electron chi connectivity index (χ1n) is 7.04.